The average molecular weight is 351 g/mol. The number of aliphatic hydroxyl groups is 1. The van der Waals surface area contributed by atoms with Crippen molar-refractivity contribution in [2.75, 3.05) is 14.2 Å². The summed E-state index contributed by atoms with van der Waals surface area (Å²) in [5.74, 6) is 1.42. The Kier molecular flexibility index (Phi) is 4.91. The molecule has 0 amide bonds. The van der Waals surface area contributed by atoms with E-state index in [9.17, 15) is 5.11 Å². The fourth-order valence-electron chi connectivity index (χ4n) is 2.32. The SMILES string of the molecule is COc1ccc(Br)c(C(O)c2ccc(C)c(C)c2OC)c1. The van der Waals surface area contributed by atoms with Crippen molar-refractivity contribution in [2.45, 2.75) is 20.0 Å². The maximum atomic E-state index is 10.8. The minimum absolute atomic E-state index is 0.704. The number of rotatable bonds is 4. The second-order valence-electron chi connectivity index (χ2n) is 4.92. The molecule has 0 saturated carbocycles. The molecule has 0 radical (unpaired) electrons. The van der Waals surface area contributed by atoms with E-state index in [4.69, 9.17) is 9.47 Å². The van der Waals surface area contributed by atoms with E-state index in [1.54, 1.807) is 14.2 Å². The van der Waals surface area contributed by atoms with Crippen molar-refractivity contribution in [3.63, 3.8) is 0 Å². The highest BCUT2D eigenvalue weighted by molar-refractivity contribution is 9.10. The number of methoxy groups -OCH3 is 2. The van der Waals surface area contributed by atoms with Crippen LogP contribution in [0.1, 0.15) is 28.4 Å². The summed E-state index contributed by atoms with van der Waals surface area (Å²) in [6.45, 7) is 4.01. The van der Waals surface area contributed by atoms with Gasteiger partial charge in [0.1, 0.15) is 17.6 Å². The highest BCUT2D eigenvalue weighted by Crippen LogP contribution is 2.37. The molecule has 112 valence electrons. The van der Waals surface area contributed by atoms with E-state index in [1.807, 2.05) is 44.2 Å². The molecule has 0 aliphatic heterocycles. The summed E-state index contributed by atoms with van der Waals surface area (Å²) in [5.41, 5.74) is 3.66. The second-order valence-corrected chi connectivity index (χ2v) is 5.77. The van der Waals surface area contributed by atoms with Gasteiger partial charge < -0.3 is 14.6 Å². The first-order valence-electron chi connectivity index (χ1n) is 6.65. The average Bonchev–Trinajstić information content (AvgIpc) is 2.49. The molecular formula is C17H19BrO3. The van der Waals surface area contributed by atoms with E-state index >= 15 is 0 Å². The Balaban J connectivity index is 2.54. The van der Waals surface area contributed by atoms with Crippen molar-refractivity contribution in [1.82, 2.24) is 0 Å². The first-order valence-corrected chi connectivity index (χ1v) is 7.44. The molecule has 3 nitrogen and oxygen atoms in total. The van der Waals surface area contributed by atoms with Gasteiger partial charge in [-0.2, -0.15) is 0 Å². The zero-order valence-corrected chi connectivity index (χ0v) is 14.2. The van der Waals surface area contributed by atoms with Gasteiger partial charge in [0.15, 0.2) is 0 Å². The van der Waals surface area contributed by atoms with Crippen LogP contribution in [0, 0.1) is 13.8 Å². The maximum Gasteiger partial charge on any atom is 0.128 e. The van der Waals surface area contributed by atoms with Gasteiger partial charge >= 0.3 is 0 Å². The topological polar surface area (TPSA) is 38.7 Å². The Morgan fingerprint density at radius 3 is 2.33 bits per heavy atom. The van der Waals surface area contributed by atoms with E-state index in [1.165, 1.54) is 0 Å². The predicted octanol–water partition coefficient (Wildman–Crippen LogP) is 4.16. The first-order chi connectivity index (χ1) is 9.99. The van der Waals surface area contributed by atoms with Gasteiger partial charge in [-0.1, -0.05) is 28.1 Å². The molecule has 0 aliphatic carbocycles. The molecule has 0 fully saturated rings. The zero-order chi connectivity index (χ0) is 15.6. The van der Waals surface area contributed by atoms with E-state index < -0.39 is 6.10 Å². The van der Waals surface area contributed by atoms with Crippen LogP contribution >= 0.6 is 15.9 Å². The van der Waals surface area contributed by atoms with Crippen molar-refractivity contribution in [3.8, 4) is 11.5 Å². The fourth-order valence-corrected chi connectivity index (χ4v) is 2.79. The van der Waals surface area contributed by atoms with E-state index in [-0.39, 0.29) is 0 Å². The van der Waals surface area contributed by atoms with Crippen molar-refractivity contribution < 1.29 is 14.6 Å². The van der Waals surface area contributed by atoms with Gasteiger partial charge in [-0.3, -0.25) is 0 Å². The smallest absolute Gasteiger partial charge is 0.128 e. The molecular weight excluding hydrogens is 332 g/mol. The second kappa shape index (κ2) is 6.50. The molecule has 2 aromatic rings. The van der Waals surface area contributed by atoms with Crippen LogP contribution in [0.3, 0.4) is 0 Å². The number of aryl methyl sites for hydroxylation is 1. The number of hydrogen-bond acceptors (Lipinski definition) is 3. The van der Waals surface area contributed by atoms with Gasteiger partial charge in [-0.05, 0) is 43.2 Å². The lowest BCUT2D eigenvalue weighted by atomic mass is 9.96. The molecule has 1 atom stereocenters. The van der Waals surface area contributed by atoms with E-state index in [2.05, 4.69) is 15.9 Å². The molecule has 0 aliphatic rings. The summed E-state index contributed by atoms with van der Waals surface area (Å²) < 4.78 is 11.6. The van der Waals surface area contributed by atoms with E-state index in [0.717, 1.165) is 32.5 Å². The van der Waals surface area contributed by atoms with Gasteiger partial charge in [0.25, 0.3) is 0 Å². The third-order valence-corrected chi connectivity index (χ3v) is 4.43. The molecule has 21 heavy (non-hydrogen) atoms. The van der Waals surface area contributed by atoms with Gasteiger partial charge in [-0.25, -0.2) is 0 Å². The lowest BCUT2D eigenvalue weighted by Crippen LogP contribution is -2.05. The highest BCUT2D eigenvalue weighted by atomic mass is 79.9. The molecule has 2 aromatic carbocycles. The summed E-state index contributed by atoms with van der Waals surface area (Å²) in [6, 6.07) is 9.43. The number of aliphatic hydroxyl groups excluding tert-OH is 1. The molecule has 0 aromatic heterocycles. The van der Waals surface area contributed by atoms with Crippen LogP contribution in [0.25, 0.3) is 0 Å². The van der Waals surface area contributed by atoms with E-state index in [0.29, 0.717) is 5.75 Å². The fraction of sp³-hybridized carbons (Fsp3) is 0.294. The molecule has 1 unspecified atom stereocenters. The third kappa shape index (κ3) is 3.06. The van der Waals surface area contributed by atoms with Crippen LogP contribution in [0.4, 0.5) is 0 Å². The number of halogens is 1. The van der Waals surface area contributed by atoms with Crippen molar-refractivity contribution in [3.05, 3.63) is 57.1 Å². The minimum atomic E-state index is -0.788. The normalized spacial score (nSPS) is 12.1. The van der Waals surface area contributed by atoms with Gasteiger partial charge in [0.2, 0.25) is 0 Å². The van der Waals surface area contributed by atoms with Crippen LogP contribution in [-0.2, 0) is 0 Å². The summed E-state index contributed by atoms with van der Waals surface area (Å²) in [4.78, 5) is 0. The van der Waals surface area contributed by atoms with Crippen molar-refractivity contribution in [1.29, 1.82) is 0 Å². The van der Waals surface area contributed by atoms with Crippen LogP contribution in [0.15, 0.2) is 34.8 Å². The maximum absolute atomic E-state index is 10.8. The number of ether oxygens (including phenoxy) is 2. The Morgan fingerprint density at radius 2 is 1.71 bits per heavy atom. The lowest BCUT2D eigenvalue weighted by Gasteiger charge is -2.19. The first kappa shape index (κ1) is 15.9. The summed E-state index contributed by atoms with van der Waals surface area (Å²) in [7, 11) is 3.23. The van der Waals surface area contributed by atoms with Gasteiger partial charge in [0, 0.05) is 15.6 Å². The monoisotopic (exact) mass is 350 g/mol. The molecule has 2 rings (SSSR count). The summed E-state index contributed by atoms with van der Waals surface area (Å²) in [6.07, 6.45) is -0.788. The molecule has 0 bridgehead atoms. The summed E-state index contributed by atoms with van der Waals surface area (Å²) in [5, 5.41) is 10.8. The Bertz CT molecular complexity index is 653. The number of benzene rings is 2. The Hall–Kier alpha value is -1.52. The molecule has 4 heteroatoms. The predicted molar refractivity (Wildman–Crippen MR) is 87.2 cm³/mol. The molecule has 0 heterocycles. The Morgan fingerprint density at radius 1 is 1.00 bits per heavy atom. The van der Waals surface area contributed by atoms with Crippen molar-refractivity contribution in [2.24, 2.45) is 0 Å². The standard InChI is InChI=1S/C17H19BrO3/c1-10-5-7-13(17(21-4)11(10)2)16(19)14-9-12(20-3)6-8-15(14)18/h5-9,16,19H,1-4H3. The van der Waals surface area contributed by atoms with Crippen LogP contribution < -0.4 is 9.47 Å². The highest BCUT2D eigenvalue weighted by Gasteiger charge is 2.20. The lowest BCUT2D eigenvalue weighted by molar-refractivity contribution is 0.213. The number of hydrogen-bond donors (Lipinski definition) is 1. The van der Waals surface area contributed by atoms with Crippen LogP contribution in [0.2, 0.25) is 0 Å². The third-order valence-electron chi connectivity index (χ3n) is 3.70. The Labute approximate surface area is 133 Å². The van der Waals surface area contributed by atoms with Gasteiger partial charge in [-0.15, -0.1) is 0 Å². The van der Waals surface area contributed by atoms with Crippen LogP contribution in [0.5, 0.6) is 11.5 Å². The van der Waals surface area contributed by atoms with Crippen LogP contribution in [-0.4, -0.2) is 19.3 Å². The van der Waals surface area contributed by atoms with Gasteiger partial charge in [0.05, 0.1) is 14.2 Å². The largest absolute Gasteiger partial charge is 0.497 e. The molecule has 0 saturated heterocycles. The quantitative estimate of drug-likeness (QED) is 0.899. The molecule has 0 spiro atoms. The molecule has 1 N–H and O–H groups in total. The zero-order valence-electron chi connectivity index (χ0n) is 12.6. The minimum Gasteiger partial charge on any atom is -0.497 e. The summed E-state index contributed by atoms with van der Waals surface area (Å²) >= 11 is 3.48. The van der Waals surface area contributed by atoms with Crippen molar-refractivity contribution >= 4 is 15.9 Å².